The Balaban J connectivity index is 1.32. The number of nitrogen functional groups attached to an aromatic ring is 1. The van der Waals surface area contributed by atoms with Crippen LogP contribution in [0.1, 0.15) is 54.4 Å². The first-order chi connectivity index (χ1) is 22.5. The number of nitrogens with one attached hydrogen (secondary N) is 1. The summed E-state index contributed by atoms with van der Waals surface area (Å²) in [7, 11) is 3.84. The number of amides is 4. The Morgan fingerprint density at radius 1 is 0.938 bits per heavy atom. The first-order valence-electron chi connectivity index (χ1n) is 16.0. The third-order valence-corrected chi connectivity index (χ3v) is 10.5. The second-order valence-corrected chi connectivity index (χ2v) is 13.8. The van der Waals surface area contributed by atoms with Crippen molar-refractivity contribution in [2.75, 3.05) is 57.9 Å². The van der Waals surface area contributed by atoms with Gasteiger partial charge in [-0.1, -0.05) is 0 Å². The number of hydrogen-bond donors (Lipinski definition) is 2. The summed E-state index contributed by atoms with van der Waals surface area (Å²) in [4.78, 5) is 47.3. The zero-order valence-electron chi connectivity index (χ0n) is 26.8. The molecule has 2 aromatic rings. The number of carbonyl (C=O) groups is 3. The normalized spacial score (nSPS) is 19.3. The van der Waals surface area contributed by atoms with Gasteiger partial charge in [-0.25, -0.2) is 4.79 Å². The molecule has 0 unspecified atom stereocenters. The quantitative estimate of drug-likeness (QED) is 0.291. The lowest BCUT2D eigenvalue weighted by molar-refractivity contribution is -0.143. The van der Waals surface area contributed by atoms with Crippen molar-refractivity contribution in [1.29, 1.82) is 0 Å². The molecule has 0 spiro atoms. The van der Waals surface area contributed by atoms with E-state index < -0.39 is 53.3 Å². The maximum atomic E-state index is 13.8. The number of carbonyl (C=O) groups excluding carboxylic acids is 3. The largest absolute Gasteiger partial charge is 0.418 e. The molecule has 0 aliphatic carbocycles. The average Bonchev–Trinajstić information content (AvgIpc) is 3.40. The van der Waals surface area contributed by atoms with Gasteiger partial charge in [0.25, 0.3) is 0 Å². The summed E-state index contributed by atoms with van der Waals surface area (Å²) in [6.07, 6.45) is -8.25. The monoisotopic (exact) mass is 702 g/mol. The Kier molecular flexibility index (Phi) is 10.5. The predicted molar refractivity (Wildman–Crippen MR) is 169 cm³/mol. The van der Waals surface area contributed by atoms with Gasteiger partial charge in [-0.3, -0.25) is 9.59 Å². The number of hydrogen-bond acceptors (Lipinski definition) is 6. The Morgan fingerprint density at radius 2 is 1.52 bits per heavy atom. The van der Waals surface area contributed by atoms with E-state index in [9.17, 15) is 40.7 Å². The number of piperidine rings is 2. The van der Waals surface area contributed by atoms with E-state index in [0.29, 0.717) is 77.0 Å². The number of fused-ring (bicyclic) bond motifs is 1. The number of nitrogens with two attached hydrogens (primary N) is 1. The molecule has 3 N–H and O–H groups in total. The molecule has 2 saturated heterocycles. The number of benzene rings is 1. The lowest BCUT2D eigenvalue weighted by Gasteiger charge is -2.39. The van der Waals surface area contributed by atoms with Crippen LogP contribution in [-0.4, -0.2) is 96.3 Å². The minimum Gasteiger partial charge on any atom is -0.398 e. The summed E-state index contributed by atoms with van der Waals surface area (Å²) in [5.41, 5.74) is 2.13. The van der Waals surface area contributed by atoms with Crippen LogP contribution in [0, 0.1) is 5.92 Å². The fraction of sp³-hybridized carbons (Fsp3) is 0.594. The second kappa shape index (κ2) is 14.1. The van der Waals surface area contributed by atoms with E-state index in [2.05, 4.69) is 5.32 Å². The molecule has 3 aliphatic heterocycles. The van der Waals surface area contributed by atoms with Gasteiger partial charge in [0.2, 0.25) is 11.8 Å². The van der Waals surface area contributed by atoms with Crippen LogP contribution in [0.25, 0.3) is 0 Å². The summed E-state index contributed by atoms with van der Waals surface area (Å²) in [5.74, 6) is -2.09. The SMILES string of the molecule is CN(C)C1CCN(C(=O)[C@H](CC(=O)N2CCC(N3CCc4cscc4NC3=O)CC2)Cc2cc(C(F)(F)F)c(N)c(C(F)(F)F)c2)CC1. The topological polar surface area (TPSA) is 102 Å². The van der Waals surface area contributed by atoms with Crippen LogP contribution >= 0.6 is 11.3 Å². The maximum Gasteiger partial charge on any atom is 0.418 e. The molecule has 0 radical (unpaired) electrons. The minimum absolute atomic E-state index is 0.117. The van der Waals surface area contributed by atoms with Crippen LogP contribution < -0.4 is 11.1 Å². The molecule has 5 rings (SSSR count). The molecule has 4 amide bonds. The number of thiophene rings is 1. The predicted octanol–water partition coefficient (Wildman–Crippen LogP) is 5.55. The summed E-state index contributed by atoms with van der Waals surface area (Å²) < 4.78 is 82.7. The van der Waals surface area contributed by atoms with Crippen LogP contribution in [0.3, 0.4) is 0 Å². The number of urea groups is 1. The first kappa shape index (κ1) is 35.8. The molecule has 4 heterocycles. The van der Waals surface area contributed by atoms with Crippen molar-refractivity contribution in [2.45, 2.75) is 69.4 Å². The van der Waals surface area contributed by atoms with E-state index in [-0.39, 0.29) is 30.1 Å². The zero-order valence-corrected chi connectivity index (χ0v) is 27.6. The molecule has 1 aromatic heterocycles. The molecular weight excluding hydrogens is 662 g/mol. The molecule has 16 heteroatoms. The summed E-state index contributed by atoms with van der Waals surface area (Å²) in [6.45, 7) is 1.82. The number of rotatable bonds is 7. The molecule has 48 heavy (non-hydrogen) atoms. The molecule has 264 valence electrons. The van der Waals surface area contributed by atoms with Crippen LogP contribution in [-0.2, 0) is 34.8 Å². The van der Waals surface area contributed by atoms with Crippen LogP contribution in [0.15, 0.2) is 22.9 Å². The molecular formula is C32H40F6N6O3S. The van der Waals surface area contributed by atoms with Crippen LogP contribution in [0.5, 0.6) is 0 Å². The highest BCUT2D eigenvalue weighted by atomic mass is 32.1. The van der Waals surface area contributed by atoms with E-state index in [1.807, 2.05) is 29.8 Å². The van der Waals surface area contributed by atoms with Gasteiger partial charge in [-0.15, -0.1) is 11.3 Å². The highest BCUT2D eigenvalue weighted by Crippen LogP contribution is 2.42. The van der Waals surface area contributed by atoms with E-state index in [0.717, 1.165) is 11.3 Å². The van der Waals surface area contributed by atoms with Crippen molar-refractivity contribution in [3.8, 4) is 0 Å². The Labute approximate surface area is 279 Å². The first-order valence-corrected chi connectivity index (χ1v) is 16.9. The lowest BCUT2D eigenvalue weighted by Crippen LogP contribution is -2.51. The Bertz CT molecular complexity index is 1460. The molecule has 2 fully saturated rings. The van der Waals surface area contributed by atoms with Gasteiger partial charge < -0.3 is 30.7 Å². The van der Waals surface area contributed by atoms with E-state index in [4.69, 9.17) is 5.73 Å². The third kappa shape index (κ3) is 8.01. The Morgan fingerprint density at radius 3 is 2.08 bits per heavy atom. The standard InChI is InChI=1S/C32H40F6N6O3S/c1-41(2)22-4-10-43(11-5-22)29(46)21(13-19-14-24(31(33,34)35)28(39)25(15-19)32(36,37)38)16-27(45)42-8-6-23(7-9-42)44-12-3-20-17-48-18-26(20)40-30(44)47/h14-15,17-18,21-23H,3-13,16,39H2,1-2H3,(H,40,47)/t21-/m0/s1. The molecule has 0 saturated carbocycles. The number of anilines is 2. The fourth-order valence-corrected chi connectivity index (χ4v) is 7.79. The van der Waals surface area contributed by atoms with E-state index in [1.54, 1.807) is 14.7 Å². The molecule has 0 bridgehead atoms. The molecule has 1 atom stereocenters. The van der Waals surface area contributed by atoms with Crippen molar-refractivity contribution >= 4 is 40.6 Å². The number of halogens is 6. The molecule has 9 nitrogen and oxygen atoms in total. The smallest absolute Gasteiger partial charge is 0.398 e. The van der Waals surface area contributed by atoms with Crippen molar-refractivity contribution < 1.29 is 40.7 Å². The fourth-order valence-electron chi connectivity index (χ4n) is 6.96. The van der Waals surface area contributed by atoms with Crippen LogP contribution in [0.4, 0.5) is 42.5 Å². The number of alkyl halides is 6. The minimum atomic E-state index is -5.16. The van der Waals surface area contributed by atoms with Crippen molar-refractivity contribution in [3.05, 3.63) is 45.1 Å². The van der Waals surface area contributed by atoms with Crippen LogP contribution in [0.2, 0.25) is 0 Å². The van der Waals surface area contributed by atoms with Gasteiger partial charge >= 0.3 is 18.4 Å². The highest BCUT2D eigenvalue weighted by Gasteiger charge is 2.42. The zero-order chi connectivity index (χ0) is 35.0. The van der Waals surface area contributed by atoms with Gasteiger partial charge in [-0.05, 0) is 81.3 Å². The van der Waals surface area contributed by atoms with E-state index >= 15 is 0 Å². The summed E-state index contributed by atoms with van der Waals surface area (Å²) in [6, 6.07) is 0.984. The van der Waals surface area contributed by atoms with Gasteiger partial charge in [0, 0.05) is 56.6 Å². The highest BCUT2D eigenvalue weighted by molar-refractivity contribution is 7.08. The van der Waals surface area contributed by atoms with Gasteiger partial charge in [0.1, 0.15) is 0 Å². The van der Waals surface area contributed by atoms with Crippen molar-refractivity contribution in [1.82, 2.24) is 19.6 Å². The van der Waals surface area contributed by atoms with E-state index in [1.165, 1.54) is 11.3 Å². The average molecular weight is 703 g/mol. The summed E-state index contributed by atoms with van der Waals surface area (Å²) in [5, 5.41) is 6.83. The molecule has 1 aromatic carbocycles. The summed E-state index contributed by atoms with van der Waals surface area (Å²) >= 11 is 1.52. The van der Waals surface area contributed by atoms with Gasteiger partial charge in [0.15, 0.2) is 0 Å². The van der Waals surface area contributed by atoms with Crippen molar-refractivity contribution in [3.63, 3.8) is 0 Å². The second-order valence-electron chi connectivity index (χ2n) is 13.0. The van der Waals surface area contributed by atoms with Gasteiger partial charge in [0.05, 0.1) is 28.4 Å². The third-order valence-electron chi connectivity index (χ3n) is 9.73. The molecule has 3 aliphatic rings. The number of likely N-dealkylation sites (tertiary alicyclic amines) is 2. The number of nitrogens with zero attached hydrogens (tertiary/aromatic N) is 4. The Hall–Kier alpha value is -3.53. The van der Waals surface area contributed by atoms with Gasteiger partial charge in [-0.2, -0.15) is 26.3 Å². The van der Waals surface area contributed by atoms with Crippen molar-refractivity contribution in [2.24, 2.45) is 5.92 Å². The maximum absolute atomic E-state index is 13.8. The lowest BCUT2D eigenvalue weighted by atomic mass is 9.90.